The molecule has 1 aliphatic rings. The number of rotatable bonds is 11. The molecule has 1 amide bonds. The Morgan fingerprint density at radius 1 is 1.04 bits per heavy atom. The molecule has 248 valence electrons. The van der Waals surface area contributed by atoms with Gasteiger partial charge in [0, 0.05) is 67.2 Å². The van der Waals surface area contributed by atoms with Crippen molar-refractivity contribution in [3.05, 3.63) is 100 Å². The molecule has 5 aromatic rings. The number of aromatic nitrogens is 3. The van der Waals surface area contributed by atoms with E-state index in [0.717, 1.165) is 45.3 Å². The third-order valence-corrected chi connectivity index (χ3v) is 7.86. The Kier molecular flexibility index (Phi) is 9.88. The highest BCUT2D eigenvalue weighted by atomic mass is 19.1. The molecule has 0 unspecified atom stereocenters. The van der Waals surface area contributed by atoms with E-state index in [0.29, 0.717) is 34.6 Å². The van der Waals surface area contributed by atoms with E-state index in [1.54, 1.807) is 19.1 Å². The third kappa shape index (κ3) is 7.27. The smallest absolute Gasteiger partial charge is 0.261 e. The molecule has 0 aliphatic carbocycles. The number of hydrogen-bond acceptors (Lipinski definition) is 9. The lowest BCUT2D eigenvalue weighted by molar-refractivity contribution is 0.0357. The summed E-state index contributed by atoms with van der Waals surface area (Å²) in [7, 11) is 1.51. The molecule has 0 bridgehead atoms. The lowest BCUT2D eigenvalue weighted by Gasteiger charge is -2.26. The number of aryl methyl sites for hydroxylation is 1. The average molecular weight is 658 g/mol. The van der Waals surface area contributed by atoms with E-state index in [2.05, 4.69) is 25.2 Å². The number of benzene rings is 2. The molecular formula is C35H33F2N5O6. The first-order valence-electron chi connectivity index (χ1n) is 15.3. The predicted molar refractivity (Wildman–Crippen MR) is 175 cm³/mol. The second-order valence-corrected chi connectivity index (χ2v) is 11.1. The molecule has 6 rings (SSSR count). The van der Waals surface area contributed by atoms with Crippen molar-refractivity contribution >= 4 is 22.6 Å². The maximum absolute atomic E-state index is 15.3. The topological polar surface area (TPSA) is 128 Å². The molecule has 0 saturated carbocycles. The molecule has 48 heavy (non-hydrogen) atoms. The van der Waals surface area contributed by atoms with E-state index in [4.69, 9.17) is 18.9 Å². The summed E-state index contributed by atoms with van der Waals surface area (Å²) in [6.07, 6.45) is 3.57. The van der Waals surface area contributed by atoms with Crippen LogP contribution in [0, 0.1) is 18.6 Å². The molecule has 4 heterocycles. The van der Waals surface area contributed by atoms with E-state index in [1.807, 2.05) is 0 Å². The van der Waals surface area contributed by atoms with Crippen LogP contribution in [-0.2, 0) is 4.74 Å². The van der Waals surface area contributed by atoms with Crippen molar-refractivity contribution in [1.29, 1.82) is 0 Å². The molecule has 2 aromatic carbocycles. The van der Waals surface area contributed by atoms with Crippen LogP contribution in [0.15, 0.2) is 71.8 Å². The number of H-pyrrole nitrogens is 1. The lowest BCUT2D eigenvalue weighted by Crippen LogP contribution is -2.37. The molecule has 1 fully saturated rings. The van der Waals surface area contributed by atoms with E-state index < -0.39 is 23.0 Å². The van der Waals surface area contributed by atoms with Gasteiger partial charge in [0.25, 0.3) is 11.8 Å². The largest absolute Gasteiger partial charge is 0.491 e. The van der Waals surface area contributed by atoms with Crippen LogP contribution < -0.4 is 25.0 Å². The zero-order valence-corrected chi connectivity index (χ0v) is 26.3. The normalized spacial score (nSPS) is 13.3. The second kappa shape index (κ2) is 14.6. The van der Waals surface area contributed by atoms with Crippen LogP contribution in [-0.4, -0.2) is 72.3 Å². The SMILES string of the molecule is COc1cc2nccc(Oc3ccc(NC(=O)c4c[nH]c(C)c(-c5ccc(F)cc5)c4=O)cc3F)c2nc1OCCCN1CCOCC1. The van der Waals surface area contributed by atoms with Crippen molar-refractivity contribution in [1.82, 2.24) is 19.9 Å². The van der Waals surface area contributed by atoms with Gasteiger partial charge in [0.15, 0.2) is 23.1 Å². The van der Waals surface area contributed by atoms with Gasteiger partial charge in [0.2, 0.25) is 5.43 Å². The first-order chi connectivity index (χ1) is 23.3. The minimum absolute atomic E-state index is 0.100. The molecule has 0 spiro atoms. The standard InChI is InChI=1S/C35H33F2N5O6/c1-21-31(22-4-6-23(36)7-5-22)33(43)25(20-39-21)34(44)40-24-8-9-28(26(37)18-24)48-29-10-11-38-27-19-30(45-2)35(41-32(27)29)47-15-3-12-42-13-16-46-17-14-42/h4-11,18-20H,3,12-17H2,1-2H3,(H,39,43)(H,40,44). The van der Waals surface area contributed by atoms with Gasteiger partial charge in [0.1, 0.15) is 16.9 Å². The summed E-state index contributed by atoms with van der Waals surface area (Å²) in [6.45, 7) is 6.18. The molecular weight excluding hydrogens is 624 g/mol. The minimum Gasteiger partial charge on any atom is -0.491 e. The second-order valence-electron chi connectivity index (χ2n) is 11.1. The number of carbonyl (C=O) groups excluding carboxylic acids is 1. The Morgan fingerprint density at radius 3 is 2.58 bits per heavy atom. The van der Waals surface area contributed by atoms with Crippen molar-refractivity contribution < 1.29 is 32.5 Å². The summed E-state index contributed by atoms with van der Waals surface area (Å²) >= 11 is 0. The number of fused-ring (bicyclic) bond motifs is 1. The summed E-state index contributed by atoms with van der Waals surface area (Å²) in [4.78, 5) is 40.5. The highest BCUT2D eigenvalue weighted by Crippen LogP contribution is 2.35. The predicted octanol–water partition coefficient (Wildman–Crippen LogP) is 5.73. The molecule has 0 radical (unpaired) electrons. The summed E-state index contributed by atoms with van der Waals surface area (Å²) in [5.74, 6) is -1.19. The molecule has 13 heteroatoms. The highest BCUT2D eigenvalue weighted by molar-refractivity contribution is 6.04. The number of pyridine rings is 3. The van der Waals surface area contributed by atoms with Crippen LogP contribution >= 0.6 is 0 Å². The molecule has 1 aliphatic heterocycles. The van der Waals surface area contributed by atoms with Crippen molar-refractivity contribution in [3.8, 4) is 34.3 Å². The number of morpholine rings is 1. The number of aromatic amines is 1. The van der Waals surface area contributed by atoms with Gasteiger partial charge in [0.05, 0.1) is 32.4 Å². The number of hydrogen-bond donors (Lipinski definition) is 2. The third-order valence-electron chi connectivity index (χ3n) is 7.86. The van der Waals surface area contributed by atoms with Crippen LogP contribution in [0.5, 0.6) is 23.1 Å². The van der Waals surface area contributed by atoms with Crippen molar-refractivity contribution in [2.45, 2.75) is 13.3 Å². The van der Waals surface area contributed by atoms with Gasteiger partial charge in [-0.15, -0.1) is 0 Å². The fraction of sp³-hybridized carbons (Fsp3) is 0.257. The van der Waals surface area contributed by atoms with E-state index in [-0.39, 0.29) is 34.2 Å². The Morgan fingerprint density at radius 2 is 1.83 bits per heavy atom. The minimum atomic E-state index is -0.768. The van der Waals surface area contributed by atoms with E-state index in [1.165, 1.54) is 55.9 Å². The number of anilines is 1. The summed E-state index contributed by atoms with van der Waals surface area (Å²) in [6, 6.07) is 12.5. The number of nitrogens with zero attached hydrogens (tertiary/aromatic N) is 3. The van der Waals surface area contributed by atoms with Gasteiger partial charge in [-0.2, -0.15) is 0 Å². The Labute approximate surface area is 274 Å². The molecule has 11 nitrogen and oxygen atoms in total. The summed E-state index contributed by atoms with van der Waals surface area (Å²) in [5, 5.41) is 2.56. The first kappa shape index (κ1) is 32.5. The van der Waals surface area contributed by atoms with E-state index in [9.17, 15) is 14.0 Å². The molecule has 2 N–H and O–H groups in total. The van der Waals surface area contributed by atoms with Gasteiger partial charge < -0.3 is 29.2 Å². The van der Waals surface area contributed by atoms with E-state index >= 15 is 4.39 Å². The number of amides is 1. The van der Waals surface area contributed by atoms with Crippen molar-refractivity contribution in [3.63, 3.8) is 0 Å². The number of halogens is 2. The Bertz CT molecular complexity index is 2000. The van der Waals surface area contributed by atoms with Crippen LogP contribution in [0.25, 0.3) is 22.2 Å². The maximum atomic E-state index is 15.3. The highest BCUT2D eigenvalue weighted by Gasteiger charge is 2.19. The fourth-order valence-corrected chi connectivity index (χ4v) is 5.36. The van der Waals surface area contributed by atoms with Crippen LogP contribution in [0.1, 0.15) is 22.5 Å². The molecule has 1 saturated heterocycles. The Hall–Kier alpha value is -5.40. The van der Waals surface area contributed by atoms with Gasteiger partial charge in [-0.1, -0.05) is 12.1 Å². The molecule has 0 atom stereocenters. The van der Waals surface area contributed by atoms with Crippen LogP contribution in [0.4, 0.5) is 14.5 Å². The monoisotopic (exact) mass is 657 g/mol. The average Bonchev–Trinajstić information content (AvgIpc) is 3.09. The first-order valence-corrected chi connectivity index (χ1v) is 15.3. The number of methoxy groups -OCH3 is 1. The van der Waals surface area contributed by atoms with Gasteiger partial charge in [-0.25, -0.2) is 13.8 Å². The molecule has 3 aromatic heterocycles. The number of carbonyl (C=O) groups is 1. The quantitative estimate of drug-likeness (QED) is 0.171. The zero-order valence-electron chi connectivity index (χ0n) is 26.3. The summed E-state index contributed by atoms with van der Waals surface area (Å²) in [5.41, 5.74) is 1.35. The maximum Gasteiger partial charge on any atom is 0.261 e. The fourth-order valence-electron chi connectivity index (χ4n) is 5.36. The van der Waals surface area contributed by atoms with Gasteiger partial charge in [-0.05, 0) is 43.2 Å². The lowest BCUT2D eigenvalue weighted by atomic mass is 10.0. The van der Waals surface area contributed by atoms with Crippen molar-refractivity contribution in [2.75, 3.05) is 51.9 Å². The van der Waals surface area contributed by atoms with Gasteiger partial charge in [-0.3, -0.25) is 19.5 Å². The Balaban J connectivity index is 1.17. The number of ether oxygens (including phenoxy) is 4. The summed E-state index contributed by atoms with van der Waals surface area (Å²) < 4.78 is 51.5. The van der Waals surface area contributed by atoms with Crippen molar-refractivity contribution in [2.24, 2.45) is 0 Å². The zero-order chi connectivity index (χ0) is 33.6. The number of nitrogens with one attached hydrogen (secondary N) is 2. The van der Waals surface area contributed by atoms with Crippen LogP contribution in [0.2, 0.25) is 0 Å². The van der Waals surface area contributed by atoms with Crippen LogP contribution in [0.3, 0.4) is 0 Å². The van der Waals surface area contributed by atoms with Gasteiger partial charge >= 0.3 is 0 Å².